The lowest BCUT2D eigenvalue weighted by Crippen LogP contribution is -2.30. The minimum absolute atomic E-state index is 0.0492. The highest BCUT2D eigenvalue weighted by Gasteiger charge is 2.20. The van der Waals surface area contributed by atoms with Gasteiger partial charge in [0.05, 0.1) is 13.2 Å². The van der Waals surface area contributed by atoms with Gasteiger partial charge in [0.2, 0.25) is 0 Å². The summed E-state index contributed by atoms with van der Waals surface area (Å²) in [6.07, 6.45) is 1.01. The van der Waals surface area contributed by atoms with Crippen molar-refractivity contribution in [2.75, 3.05) is 7.11 Å². The molecule has 0 saturated carbocycles. The Morgan fingerprint density at radius 3 is 2.30 bits per heavy atom. The van der Waals surface area contributed by atoms with Crippen molar-refractivity contribution in [1.82, 2.24) is 5.32 Å². The Kier molecular flexibility index (Phi) is 9.72. The van der Waals surface area contributed by atoms with Crippen LogP contribution in [0, 0.1) is 19.8 Å². The van der Waals surface area contributed by atoms with Gasteiger partial charge in [0.25, 0.3) is 5.91 Å². The van der Waals surface area contributed by atoms with Crippen molar-refractivity contribution in [2.24, 2.45) is 5.92 Å². The smallest absolute Gasteiger partial charge is 0.303 e. The number of benzene rings is 3. The summed E-state index contributed by atoms with van der Waals surface area (Å²) >= 11 is 0. The number of methoxy groups -OCH3 is 1. The Morgan fingerprint density at radius 1 is 0.946 bits per heavy atom. The summed E-state index contributed by atoms with van der Waals surface area (Å²) in [6.45, 7) is 8.65. The molecular weight excluding hydrogens is 466 g/mol. The fourth-order valence-electron chi connectivity index (χ4n) is 4.44. The van der Waals surface area contributed by atoms with E-state index in [2.05, 4.69) is 51.2 Å². The highest BCUT2D eigenvalue weighted by Crippen LogP contribution is 2.26. The zero-order valence-corrected chi connectivity index (χ0v) is 22.3. The van der Waals surface area contributed by atoms with Gasteiger partial charge < -0.3 is 19.9 Å². The topological polar surface area (TPSA) is 84.9 Å². The van der Waals surface area contributed by atoms with Gasteiger partial charge in [-0.05, 0) is 67.5 Å². The summed E-state index contributed by atoms with van der Waals surface area (Å²) in [6, 6.07) is 19.0. The Bertz CT molecular complexity index is 1210. The Balaban J connectivity index is 1.88. The predicted octanol–water partition coefficient (Wildman–Crippen LogP) is 6.43. The first kappa shape index (κ1) is 27.8. The number of hydrogen-bond donors (Lipinski definition) is 2. The maximum Gasteiger partial charge on any atom is 0.303 e. The molecule has 0 aliphatic rings. The monoisotopic (exact) mass is 503 g/mol. The molecule has 6 nitrogen and oxygen atoms in total. The van der Waals surface area contributed by atoms with E-state index >= 15 is 0 Å². The number of nitrogens with one attached hydrogen (secondary N) is 1. The second-order valence-electron chi connectivity index (χ2n) is 9.93. The molecule has 1 atom stereocenters. The molecule has 0 aliphatic carbocycles. The van der Waals surface area contributed by atoms with Crippen LogP contribution in [0.5, 0.6) is 11.5 Å². The van der Waals surface area contributed by atoms with Crippen molar-refractivity contribution < 1.29 is 24.2 Å². The molecule has 0 spiro atoms. The van der Waals surface area contributed by atoms with Crippen LogP contribution in [0.3, 0.4) is 0 Å². The zero-order valence-electron chi connectivity index (χ0n) is 22.3. The van der Waals surface area contributed by atoms with E-state index in [4.69, 9.17) is 9.47 Å². The standard InChI is InChI=1S/C31H37NO5/c1-20(2)13-29(25-15-21(3)14-22(4)16-25)32-31(35)28-17-23(9-10-24(28)11-12-30(33)34)19-37-27-8-6-7-26(18-27)36-5/h6-10,14-18,20,29H,11-13,19H2,1-5H3,(H,32,35)(H,33,34). The van der Waals surface area contributed by atoms with E-state index in [0.29, 0.717) is 28.5 Å². The van der Waals surface area contributed by atoms with E-state index in [1.807, 2.05) is 30.3 Å². The van der Waals surface area contributed by atoms with E-state index in [1.54, 1.807) is 19.2 Å². The minimum atomic E-state index is -0.898. The normalized spacial score (nSPS) is 11.7. The fraction of sp³-hybridized carbons (Fsp3) is 0.355. The minimum Gasteiger partial charge on any atom is -0.497 e. The number of aryl methyl sites for hydroxylation is 3. The van der Waals surface area contributed by atoms with Crippen molar-refractivity contribution in [3.8, 4) is 11.5 Å². The number of carbonyl (C=O) groups excluding carboxylic acids is 1. The van der Waals surface area contributed by atoms with Crippen LogP contribution in [0.2, 0.25) is 0 Å². The van der Waals surface area contributed by atoms with Gasteiger partial charge in [-0.2, -0.15) is 0 Å². The number of aliphatic carboxylic acids is 1. The van der Waals surface area contributed by atoms with E-state index < -0.39 is 5.97 Å². The van der Waals surface area contributed by atoms with E-state index in [9.17, 15) is 14.7 Å². The third-order valence-corrected chi connectivity index (χ3v) is 6.13. The molecule has 1 amide bonds. The summed E-state index contributed by atoms with van der Waals surface area (Å²) in [5, 5.41) is 12.5. The van der Waals surface area contributed by atoms with Crippen LogP contribution >= 0.6 is 0 Å². The zero-order chi connectivity index (χ0) is 26.9. The predicted molar refractivity (Wildman–Crippen MR) is 145 cm³/mol. The molecule has 0 aliphatic heterocycles. The molecule has 3 rings (SSSR count). The molecule has 0 aromatic heterocycles. The van der Waals surface area contributed by atoms with Gasteiger partial charge in [-0.1, -0.05) is 61.4 Å². The third-order valence-electron chi connectivity index (χ3n) is 6.13. The van der Waals surface area contributed by atoms with Crippen LogP contribution in [-0.4, -0.2) is 24.1 Å². The highest BCUT2D eigenvalue weighted by molar-refractivity contribution is 5.96. The third kappa shape index (κ3) is 8.38. The first-order chi connectivity index (χ1) is 17.6. The molecule has 3 aromatic rings. The molecule has 2 N–H and O–H groups in total. The van der Waals surface area contributed by atoms with Crippen molar-refractivity contribution in [3.63, 3.8) is 0 Å². The molecular formula is C31H37NO5. The largest absolute Gasteiger partial charge is 0.497 e. The van der Waals surface area contributed by atoms with Gasteiger partial charge in [-0.3, -0.25) is 9.59 Å². The Morgan fingerprint density at radius 2 is 1.65 bits per heavy atom. The summed E-state index contributed by atoms with van der Waals surface area (Å²) in [7, 11) is 1.60. The van der Waals surface area contributed by atoms with E-state index in [0.717, 1.165) is 28.7 Å². The van der Waals surface area contributed by atoms with Crippen molar-refractivity contribution in [3.05, 3.63) is 94.0 Å². The fourth-order valence-corrected chi connectivity index (χ4v) is 4.44. The molecule has 0 fully saturated rings. The van der Waals surface area contributed by atoms with Crippen LogP contribution in [-0.2, 0) is 17.8 Å². The van der Waals surface area contributed by atoms with Gasteiger partial charge >= 0.3 is 5.97 Å². The molecule has 0 heterocycles. The second-order valence-corrected chi connectivity index (χ2v) is 9.93. The van der Waals surface area contributed by atoms with Crippen LogP contribution in [0.1, 0.15) is 70.9 Å². The number of ether oxygens (including phenoxy) is 2. The molecule has 37 heavy (non-hydrogen) atoms. The van der Waals surface area contributed by atoms with Gasteiger partial charge in [-0.15, -0.1) is 0 Å². The Hall–Kier alpha value is -3.80. The van der Waals surface area contributed by atoms with Crippen molar-refractivity contribution >= 4 is 11.9 Å². The van der Waals surface area contributed by atoms with Crippen LogP contribution < -0.4 is 14.8 Å². The molecule has 6 heteroatoms. The van der Waals surface area contributed by atoms with Crippen LogP contribution in [0.15, 0.2) is 60.7 Å². The number of carbonyl (C=O) groups is 2. The maximum absolute atomic E-state index is 13.6. The summed E-state index contributed by atoms with van der Waals surface area (Å²) < 4.78 is 11.2. The molecule has 0 bridgehead atoms. The maximum atomic E-state index is 13.6. The first-order valence-electron chi connectivity index (χ1n) is 12.6. The highest BCUT2D eigenvalue weighted by atomic mass is 16.5. The molecule has 0 radical (unpaired) electrons. The van der Waals surface area contributed by atoms with E-state index in [1.165, 1.54) is 0 Å². The first-order valence-corrected chi connectivity index (χ1v) is 12.6. The van der Waals surface area contributed by atoms with Crippen LogP contribution in [0.25, 0.3) is 0 Å². The van der Waals surface area contributed by atoms with Crippen molar-refractivity contribution in [2.45, 2.75) is 59.6 Å². The molecule has 196 valence electrons. The molecule has 3 aromatic carbocycles. The number of rotatable bonds is 12. The van der Waals surface area contributed by atoms with Crippen LogP contribution in [0.4, 0.5) is 0 Å². The lowest BCUT2D eigenvalue weighted by molar-refractivity contribution is -0.136. The average molecular weight is 504 g/mol. The Labute approximate surface area is 219 Å². The number of carboxylic acids is 1. The second kappa shape index (κ2) is 12.9. The van der Waals surface area contributed by atoms with Crippen molar-refractivity contribution in [1.29, 1.82) is 0 Å². The van der Waals surface area contributed by atoms with Gasteiger partial charge in [0.15, 0.2) is 0 Å². The average Bonchev–Trinajstić information content (AvgIpc) is 2.85. The van der Waals surface area contributed by atoms with Gasteiger partial charge in [-0.25, -0.2) is 0 Å². The van der Waals surface area contributed by atoms with Gasteiger partial charge in [0.1, 0.15) is 18.1 Å². The molecule has 1 unspecified atom stereocenters. The summed E-state index contributed by atoms with van der Waals surface area (Å²) in [5.41, 5.74) is 5.37. The number of amides is 1. The molecule has 0 saturated heterocycles. The lowest BCUT2D eigenvalue weighted by atomic mass is 9.93. The quantitative estimate of drug-likeness (QED) is 0.298. The number of carboxylic acid groups (broad SMARTS) is 1. The van der Waals surface area contributed by atoms with E-state index in [-0.39, 0.29) is 31.4 Å². The van der Waals surface area contributed by atoms with Gasteiger partial charge in [0, 0.05) is 18.1 Å². The number of hydrogen-bond acceptors (Lipinski definition) is 4. The summed E-state index contributed by atoms with van der Waals surface area (Å²) in [5.74, 6) is 0.620. The summed E-state index contributed by atoms with van der Waals surface area (Å²) in [4.78, 5) is 24.9. The lowest BCUT2D eigenvalue weighted by Gasteiger charge is -2.23. The SMILES string of the molecule is COc1cccc(OCc2ccc(CCC(=O)O)c(C(=O)NC(CC(C)C)c3cc(C)cc(C)c3)c2)c1.